The lowest BCUT2D eigenvalue weighted by molar-refractivity contribution is 0.437. The number of rotatable bonds is 1. The van der Waals surface area contributed by atoms with Gasteiger partial charge in [-0.05, 0) is 18.3 Å². The van der Waals surface area contributed by atoms with Gasteiger partial charge in [0.05, 0.1) is 0 Å². The van der Waals surface area contributed by atoms with E-state index in [0.29, 0.717) is 22.8 Å². The molecule has 1 aliphatic rings. The van der Waals surface area contributed by atoms with E-state index in [2.05, 4.69) is 10.1 Å². The number of nitrogen functional groups attached to an aromatic ring is 1. The van der Waals surface area contributed by atoms with Crippen LogP contribution in [-0.2, 0) is 0 Å². The first-order chi connectivity index (χ1) is 8.25. The van der Waals surface area contributed by atoms with Crippen LogP contribution in [0.5, 0.6) is 0 Å². The summed E-state index contributed by atoms with van der Waals surface area (Å²) >= 11 is 0. The Hall–Kier alpha value is -1.52. The number of nitrogens with two attached hydrogens (primary N) is 1. The van der Waals surface area contributed by atoms with E-state index in [4.69, 9.17) is 13.6 Å². The van der Waals surface area contributed by atoms with E-state index >= 15 is 0 Å². The molecule has 2 radical (unpaired) electrons. The molecule has 0 atom stereocenters. The van der Waals surface area contributed by atoms with Crippen LogP contribution < -0.4 is 11.2 Å². The molecular formula is C12H15BN4. The molecule has 86 valence electrons. The van der Waals surface area contributed by atoms with E-state index < -0.39 is 0 Å². The van der Waals surface area contributed by atoms with Gasteiger partial charge in [0.2, 0.25) is 0 Å². The lowest BCUT2D eigenvalue weighted by Gasteiger charge is -2.21. The van der Waals surface area contributed by atoms with Crippen LogP contribution in [0.25, 0.3) is 5.65 Å². The average molecular weight is 226 g/mol. The molecule has 0 amide bonds. The zero-order chi connectivity index (χ0) is 11.8. The number of hydrogen-bond donors (Lipinski definition) is 1. The zero-order valence-corrected chi connectivity index (χ0v) is 9.76. The minimum Gasteiger partial charge on any atom is -0.384 e. The largest absolute Gasteiger partial charge is 0.384 e. The summed E-state index contributed by atoms with van der Waals surface area (Å²) in [4.78, 5) is 4.61. The molecule has 3 rings (SSSR count). The number of nitrogens with zero attached hydrogens (tertiary/aromatic N) is 3. The van der Waals surface area contributed by atoms with Gasteiger partial charge in [-0.15, -0.1) is 0 Å². The topological polar surface area (TPSA) is 56.2 Å². The first-order valence-electron chi connectivity index (χ1n) is 6.15. The molecule has 1 saturated carbocycles. The molecule has 0 bridgehead atoms. The lowest BCUT2D eigenvalue weighted by atomic mass is 9.86. The summed E-state index contributed by atoms with van der Waals surface area (Å²) in [6, 6.07) is 1.94. The zero-order valence-electron chi connectivity index (χ0n) is 9.76. The van der Waals surface area contributed by atoms with Crippen LogP contribution in [0.1, 0.15) is 43.7 Å². The average Bonchev–Trinajstić information content (AvgIpc) is 2.73. The molecule has 0 aromatic carbocycles. The minimum absolute atomic E-state index is 0.533. The maximum absolute atomic E-state index is 5.98. The minimum atomic E-state index is 0.533. The third-order valence-electron chi connectivity index (χ3n) is 3.57. The predicted molar refractivity (Wildman–Crippen MR) is 68.6 cm³/mol. The Balaban J connectivity index is 2.07. The van der Waals surface area contributed by atoms with Gasteiger partial charge in [0.25, 0.3) is 0 Å². The van der Waals surface area contributed by atoms with Crippen LogP contribution in [0.3, 0.4) is 0 Å². The van der Waals surface area contributed by atoms with Crippen molar-refractivity contribution in [2.45, 2.75) is 38.0 Å². The highest BCUT2D eigenvalue weighted by atomic mass is 15.3. The molecular weight excluding hydrogens is 211 g/mol. The molecule has 2 aromatic heterocycles. The highest BCUT2D eigenvalue weighted by Gasteiger charge is 2.18. The predicted octanol–water partition coefficient (Wildman–Crippen LogP) is 1.15. The van der Waals surface area contributed by atoms with Crippen molar-refractivity contribution in [1.82, 2.24) is 14.6 Å². The molecule has 0 unspecified atom stereocenters. The summed E-state index contributed by atoms with van der Waals surface area (Å²) < 4.78 is 1.60. The Morgan fingerprint density at radius 3 is 2.82 bits per heavy atom. The van der Waals surface area contributed by atoms with Crippen LogP contribution in [0.2, 0.25) is 0 Å². The monoisotopic (exact) mass is 226 g/mol. The summed E-state index contributed by atoms with van der Waals surface area (Å²) in [6.07, 6.45) is 7.91. The van der Waals surface area contributed by atoms with E-state index in [9.17, 15) is 0 Å². The van der Waals surface area contributed by atoms with E-state index in [1.807, 2.05) is 6.07 Å². The SMILES string of the molecule is [B]c1cnn2c(N)cc(C3CCCCC3)nc12. The van der Waals surface area contributed by atoms with E-state index in [-0.39, 0.29) is 0 Å². The maximum atomic E-state index is 5.98. The van der Waals surface area contributed by atoms with Gasteiger partial charge in [0.15, 0.2) is 0 Å². The summed E-state index contributed by atoms with van der Waals surface area (Å²) in [6.45, 7) is 0. The van der Waals surface area contributed by atoms with Crippen molar-refractivity contribution in [2.75, 3.05) is 5.73 Å². The fourth-order valence-electron chi connectivity index (χ4n) is 2.63. The van der Waals surface area contributed by atoms with Gasteiger partial charge in [0.1, 0.15) is 19.3 Å². The fraction of sp³-hybridized carbons (Fsp3) is 0.500. The van der Waals surface area contributed by atoms with Gasteiger partial charge >= 0.3 is 0 Å². The van der Waals surface area contributed by atoms with Gasteiger partial charge in [0, 0.05) is 23.9 Å². The van der Waals surface area contributed by atoms with Crippen molar-refractivity contribution >= 4 is 24.8 Å². The molecule has 17 heavy (non-hydrogen) atoms. The van der Waals surface area contributed by atoms with Crippen molar-refractivity contribution in [2.24, 2.45) is 0 Å². The second kappa shape index (κ2) is 4.06. The third kappa shape index (κ3) is 1.79. The fourth-order valence-corrected chi connectivity index (χ4v) is 2.63. The number of hydrogen-bond acceptors (Lipinski definition) is 3. The molecule has 1 fully saturated rings. The van der Waals surface area contributed by atoms with Crippen molar-refractivity contribution in [3.8, 4) is 0 Å². The van der Waals surface area contributed by atoms with Gasteiger partial charge in [-0.1, -0.05) is 19.3 Å². The molecule has 2 aromatic rings. The molecule has 2 heterocycles. The van der Waals surface area contributed by atoms with E-state index in [1.54, 1.807) is 10.7 Å². The standard InChI is InChI=1S/C12H15BN4/c13-9-7-15-17-11(14)6-10(16-12(9)17)8-4-2-1-3-5-8/h6-8H,1-5,14H2. The van der Waals surface area contributed by atoms with Crippen molar-refractivity contribution in [1.29, 1.82) is 0 Å². The number of aromatic nitrogens is 3. The Morgan fingerprint density at radius 1 is 1.29 bits per heavy atom. The van der Waals surface area contributed by atoms with Crippen molar-refractivity contribution < 1.29 is 0 Å². The Bertz CT molecular complexity index is 543. The van der Waals surface area contributed by atoms with Crippen LogP contribution in [-0.4, -0.2) is 22.4 Å². The molecule has 1 aliphatic carbocycles. The van der Waals surface area contributed by atoms with Crippen molar-refractivity contribution in [3.05, 3.63) is 18.0 Å². The molecule has 0 spiro atoms. The number of fused-ring (bicyclic) bond motifs is 1. The van der Waals surface area contributed by atoms with E-state index in [0.717, 1.165) is 5.69 Å². The molecule has 0 saturated heterocycles. The van der Waals surface area contributed by atoms with Gasteiger partial charge < -0.3 is 5.73 Å². The number of anilines is 1. The van der Waals surface area contributed by atoms with Crippen LogP contribution >= 0.6 is 0 Å². The van der Waals surface area contributed by atoms with Crippen LogP contribution in [0.4, 0.5) is 5.82 Å². The lowest BCUT2D eigenvalue weighted by Crippen LogP contribution is -2.12. The highest BCUT2D eigenvalue weighted by molar-refractivity contribution is 6.36. The quantitative estimate of drug-likeness (QED) is 0.742. The molecule has 0 aliphatic heterocycles. The summed E-state index contributed by atoms with van der Waals surface area (Å²) in [5.41, 5.74) is 8.33. The second-order valence-corrected chi connectivity index (χ2v) is 4.78. The Morgan fingerprint density at radius 2 is 2.06 bits per heavy atom. The van der Waals surface area contributed by atoms with Crippen molar-refractivity contribution in [3.63, 3.8) is 0 Å². The van der Waals surface area contributed by atoms with Gasteiger partial charge in [-0.25, -0.2) is 9.50 Å². The summed E-state index contributed by atoms with van der Waals surface area (Å²) in [5, 5.41) is 4.11. The van der Waals surface area contributed by atoms with E-state index in [1.165, 1.54) is 32.1 Å². The molecule has 5 heteroatoms. The normalized spacial score (nSPS) is 17.6. The van der Waals surface area contributed by atoms with Crippen LogP contribution in [0, 0.1) is 0 Å². The Kier molecular flexibility index (Phi) is 2.54. The maximum Gasteiger partial charge on any atom is 0.150 e. The second-order valence-electron chi connectivity index (χ2n) is 4.78. The summed E-state index contributed by atoms with van der Waals surface area (Å²) in [7, 11) is 5.84. The Labute approximate surface area is 102 Å². The third-order valence-corrected chi connectivity index (χ3v) is 3.57. The molecule has 4 nitrogen and oxygen atoms in total. The van der Waals surface area contributed by atoms with Crippen LogP contribution in [0.15, 0.2) is 12.3 Å². The smallest absolute Gasteiger partial charge is 0.150 e. The molecule has 2 N–H and O–H groups in total. The highest BCUT2D eigenvalue weighted by Crippen LogP contribution is 2.32. The first kappa shape index (κ1) is 10.6. The summed E-state index contributed by atoms with van der Waals surface area (Å²) in [5.74, 6) is 1.15. The van der Waals surface area contributed by atoms with Gasteiger partial charge in [-0.3, -0.25) is 0 Å². The first-order valence-corrected chi connectivity index (χ1v) is 6.15. The van der Waals surface area contributed by atoms with Gasteiger partial charge in [-0.2, -0.15) is 5.10 Å².